The Morgan fingerprint density at radius 2 is 1.87 bits per heavy atom. The molecule has 3 N–H and O–H groups in total. The van der Waals surface area contributed by atoms with Crippen LogP contribution in [0.3, 0.4) is 0 Å². The number of likely N-dealkylation sites (N-methyl/N-ethyl adjacent to an activating group) is 1. The molecule has 1 aromatic carbocycles. The van der Waals surface area contributed by atoms with Crippen LogP contribution in [0.1, 0.15) is 19.4 Å². The van der Waals surface area contributed by atoms with E-state index in [4.69, 9.17) is 10.5 Å². The lowest BCUT2D eigenvalue weighted by Gasteiger charge is -2.17. The molecule has 0 spiro atoms. The van der Waals surface area contributed by atoms with Crippen molar-refractivity contribution in [1.82, 2.24) is 10.2 Å². The van der Waals surface area contributed by atoms with Gasteiger partial charge >= 0.3 is 0 Å². The average Bonchev–Trinajstić information content (AvgIpc) is 2.44. The van der Waals surface area contributed by atoms with Crippen LogP contribution in [0, 0.1) is 5.92 Å². The highest BCUT2D eigenvalue weighted by atomic mass is 35.5. The lowest BCUT2D eigenvalue weighted by atomic mass is 10.0. The molecular formula is C16H29Cl2N3O2. The number of rotatable bonds is 8. The van der Waals surface area contributed by atoms with E-state index in [1.54, 1.807) is 0 Å². The van der Waals surface area contributed by atoms with Crippen molar-refractivity contribution >= 4 is 30.7 Å². The van der Waals surface area contributed by atoms with Crippen LogP contribution in [-0.4, -0.2) is 44.1 Å². The number of hydrogen-bond acceptors (Lipinski definition) is 4. The molecule has 0 aliphatic carbocycles. The summed E-state index contributed by atoms with van der Waals surface area (Å²) in [5.41, 5.74) is 6.71. The number of carbonyl (C=O) groups is 1. The van der Waals surface area contributed by atoms with Crippen molar-refractivity contribution in [3.05, 3.63) is 29.8 Å². The lowest BCUT2D eigenvalue weighted by molar-refractivity contribution is -0.125. The molecule has 23 heavy (non-hydrogen) atoms. The monoisotopic (exact) mass is 365 g/mol. The zero-order chi connectivity index (χ0) is 15.8. The van der Waals surface area contributed by atoms with Crippen molar-refractivity contribution in [2.75, 3.05) is 27.2 Å². The summed E-state index contributed by atoms with van der Waals surface area (Å²) in [6.45, 7) is 5.59. The maximum absolute atomic E-state index is 11.9. The molecule has 0 saturated heterocycles. The summed E-state index contributed by atoms with van der Waals surface area (Å²) in [7, 11) is 4.01. The van der Waals surface area contributed by atoms with E-state index in [0.29, 0.717) is 13.2 Å². The van der Waals surface area contributed by atoms with Crippen molar-refractivity contribution in [3.63, 3.8) is 0 Å². The van der Waals surface area contributed by atoms with Gasteiger partial charge in [0.15, 0.2) is 0 Å². The molecule has 0 bridgehead atoms. The zero-order valence-corrected chi connectivity index (χ0v) is 15.9. The van der Waals surface area contributed by atoms with Crippen molar-refractivity contribution in [3.8, 4) is 5.75 Å². The number of amides is 1. The Balaban J connectivity index is 0. The highest BCUT2D eigenvalue weighted by Gasteiger charge is 2.16. The van der Waals surface area contributed by atoms with Crippen LogP contribution in [0.4, 0.5) is 0 Å². The predicted molar refractivity (Wildman–Crippen MR) is 99.6 cm³/mol. The van der Waals surface area contributed by atoms with Crippen molar-refractivity contribution in [2.24, 2.45) is 11.7 Å². The third kappa shape index (κ3) is 9.01. The van der Waals surface area contributed by atoms with Gasteiger partial charge in [0.25, 0.3) is 0 Å². The molecule has 0 radical (unpaired) electrons. The topological polar surface area (TPSA) is 67.6 Å². The van der Waals surface area contributed by atoms with E-state index >= 15 is 0 Å². The van der Waals surface area contributed by atoms with Crippen molar-refractivity contribution in [2.45, 2.75) is 26.4 Å². The molecule has 134 valence electrons. The predicted octanol–water partition coefficient (Wildman–Crippen LogP) is 2.07. The Bertz CT molecular complexity index is 457. The number of para-hydroxylation sites is 1. The van der Waals surface area contributed by atoms with Gasteiger partial charge in [-0.3, -0.25) is 4.79 Å². The largest absolute Gasteiger partial charge is 0.492 e. The summed E-state index contributed by atoms with van der Waals surface area (Å²) in [6.07, 6.45) is 0. The van der Waals surface area contributed by atoms with Gasteiger partial charge in [-0.25, -0.2) is 0 Å². The number of nitrogens with two attached hydrogens (primary N) is 1. The van der Waals surface area contributed by atoms with E-state index < -0.39 is 0 Å². The minimum absolute atomic E-state index is 0. The highest BCUT2D eigenvalue weighted by molar-refractivity contribution is 5.85. The standard InChI is InChI=1S/C16H27N3O2.2ClH/c1-12(13(2)17)16(20)18-11-14-7-5-6-8-15(14)21-10-9-19(3)4;;/h5-8,12-13H,9-11,17H2,1-4H3,(H,18,20);2*1H. The molecular weight excluding hydrogens is 337 g/mol. The summed E-state index contributed by atoms with van der Waals surface area (Å²) >= 11 is 0. The molecule has 2 atom stereocenters. The second-order valence-corrected chi connectivity index (χ2v) is 5.63. The van der Waals surface area contributed by atoms with E-state index in [0.717, 1.165) is 17.9 Å². The summed E-state index contributed by atoms with van der Waals surface area (Å²) in [4.78, 5) is 14.0. The van der Waals surface area contributed by atoms with Crippen LogP contribution in [0.25, 0.3) is 0 Å². The number of nitrogens with one attached hydrogen (secondary N) is 1. The van der Waals surface area contributed by atoms with Gasteiger partial charge in [0.05, 0.1) is 0 Å². The highest BCUT2D eigenvalue weighted by Crippen LogP contribution is 2.17. The Morgan fingerprint density at radius 1 is 1.26 bits per heavy atom. The van der Waals surface area contributed by atoms with E-state index in [1.807, 2.05) is 52.2 Å². The molecule has 7 heteroatoms. The molecule has 0 saturated carbocycles. The Labute approximate surface area is 151 Å². The van der Waals surface area contributed by atoms with Crippen molar-refractivity contribution in [1.29, 1.82) is 0 Å². The molecule has 2 unspecified atom stereocenters. The lowest BCUT2D eigenvalue weighted by Crippen LogP contribution is -2.38. The average molecular weight is 366 g/mol. The quantitative estimate of drug-likeness (QED) is 0.739. The molecule has 1 rings (SSSR count). The number of carbonyl (C=O) groups excluding carboxylic acids is 1. The van der Waals surface area contributed by atoms with E-state index in [-0.39, 0.29) is 42.7 Å². The van der Waals surface area contributed by atoms with Crippen LogP contribution in [-0.2, 0) is 11.3 Å². The first-order valence-electron chi connectivity index (χ1n) is 7.30. The number of benzene rings is 1. The second kappa shape index (κ2) is 12.4. The maximum atomic E-state index is 11.9. The Morgan fingerprint density at radius 3 is 2.43 bits per heavy atom. The molecule has 1 aromatic rings. The van der Waals surface area contributed by atoms with Crippen LogP contribution in [0.15, 0.2) is 24.3 Å². The fourth-order valence-corrected chi connectivity index (χ4v) is 1.71. The third-order valence-electron chi connectivity index (χ3n) is 3.42. The number of ether oxygens (including phenoxy) is 1. The van der Waals surface area contributed by atoms with E-state index in [9.17, 15) is 4.79 Å². The normalized spacial score (nSPS) is 12.6. The van der Waals surface area contributed by atoms with Crippen LogP contribution in [0.2, 0.25) is 0 Å². The third-order valence-corrected chi connectivity index (χ3v) is 3.42. The summed E-state index contributed by atoms with van der Waals surface area (Å²) < 4.78 is 5.77. The minimum atomic E-state index is -0.202. The number of hydrogen-bond donors (Lipinski definition) is 2. The Hall–Kier alpha value is -1.01. The van der Waals surface area contributed by atoms with Crippen LogP contribution in [0.5, 0.6) is 5.75 Å². The molecule has 5 nitrogen and oxygen atoms in total. The van der Waals surface area contributed by atoms with Gasteiger partial charge < -0.3 is 20.7 Å². The van der Waals surface area contributed by atoms with E-state index in [1.165, 1.54) is 0 Å². The van der Waals surface area contributed by atoms with Crippen molar-refractivity contribution < 1.29 is 9.53 Å². The molecule has 0 fully saturated rings. The molecule has 0 aromatic heterocycles. The van der Waals surface area contributed by atoms with Gasteiger partial charge in [0, 0.05) is 30.6 Å². The molecule has 0 aliphatic rings. The van der Waals surface area contributed by atoms with Gasteiger partial charge in [0.1, 0.15) is 12.4 Å². The Kier molecular flexibility index (Phi) is 13.1. The smallest absolute Gasteiger partial charge is 0.224 e. The fraction of sp³-hybridized carbons (Fsp3) is 0.562. The van der Waals surface area contributed by atoms with Crippen LogP contribution < -0.4 is 15.8 Å². The first-order chi connectivity index (χ1) is 9.91. The second-order valence-electron chi connectivity index (χ2n) is 5.63. The number of halogens is 2. The number of nitrogens with zero attached hydrogens (tertiary/aromatic N) is 1. The van der Waals surface area contributed by atoms with Gasteiger partial charge in [-0.15, -0.1) is 24.8 Å². The molecule has 0 aliphatic heterocycles. The van der Waals surface area contributed by atoms with Crippen LogP contribution >= 0.6 is 24.8 Å². The van der Waals surface area contributed by atoms with Gasteiger partial charge in [-0.1, -0.05) is 25.1 Å². The van der Waals surface area contributed by atoms with Gasteiger partial charge in [-0.2, -0.15) is 0 Å². The minimum Gasteiger partial charge on any atom is -0.492 e. The first-order valence-corrected chi connectivity index (χ1v) is 7.30. The maximum Gasteiger partial charge on any atom is 0.224 e. The summed E-state index contributed by atoms with van der Waals surface area (Å²) in [5, 5.41) is 2.91. The SMILES string of the molecule is CC(N)C(C)C(=O)NCc1ccccc1OCCN(C)C.Cl.Cl. The zero-order valence-electron chi connectivity index (χ0n) is 14.2. The summed E-state index contributed by atoms with van der Waals surface area (Å²) in [6, 6.07) is 7.60. The summed E-state index contributed by atoms with van der Waals surface area (Å²) in [5.74, 6) is 0.577. The fourth-order valence-electron chi connectivity index (χ4n) is 1.71. The van der Waals surface area contributed by atoms with E-state index in [2.05, 4.69) is 10.2 Å². The first kappa shape index (κ1) is 24.2. The molecule has 1 amide bonds. The van der Waals surface area contributed by atoms with Gasteiger partial charge in [0.2, 0.25) is 5.91 Å². The molecule has 0 heterocycles. The van der Waals surface area contributed by atoms with Gasteiger partial charge in [-0.05, 0) is 27.1 Å².